The van der Waals surface area contributed by atoms with E-state index in [1.165, 1.54) is 19.3 Å². The van der Waals surface area contributed by atoms with Gasteiger partial charge in [-0.05, 0) is 43.2 Å². The summed E-state index contributed by atoms with van der Waals surface area (Å²) in [5, 5.41) is 2.72. The van der Waals surface area contributed by atoms with Crippen LogP contribution in [-0.4, -0.2) is 31.4 Å². The molecule has 0 unspecified atom stereocenters. The fourth-order valence-corrected chi connectivity index (χ4v) is 4.69. The summed E-state index contributed by atoms with van der Waals surface area (Å²) >= 11 is 9.58. The number of para-hydroxylation sites is 2. The van der Waals surface area contributed by atoms with Gasteiger partial charge in [0.15, 0.2) is 10.3 Å². The maximum Gasteiger partial charge on any atom is 0.166 e. The number of nitrogens with zero attached hydrogens (tertiary/aromatic N) is 2. The summed E-state index contributed by atoms with van der Waals surface area (Å²) in [5.74, 6) is 2.16. The molecular weight excluding hydrogens is 384 g/mol. The van der Waals surface area contributed by atoms with Gasteiger partial charge < -0.3 is 9.97 Å². The largest absolute Gasteiger partial charge is 0.333 e. The van der Waals surface area contributed by atoms with E-state index in [0.717, 1.165) is 48.9 Å². The molecule has 134 valence electrons. The first-order chi connectivity index (χ1) is 12.8. The smallest absolute Gasteiger partial charge is 0.166 e. The topological polar surface area (TPSA) is 57.4 Å². The Kier molecular flexibility index (Phi) is 5.72. The second kappa shape index (κ2) is 8.37. The van der Waals surface area contributed by atoms with Crippen LogP contribution in [0.2, 0.25) is 5.02 Å². The number of hydrogen-bond acceptors (Lipinski definition) is 4. The van der Waals surface area contributed by atoms with Gasteiger partial charge in [-0.2, -0.15) is 0 Å². The van der Waals surface area contributed by atoms with Gasteiger partial charge in [0, 0.05) is 16.5 Å². The lowest BCUT2D eigenvalue weighted by atomic mass is 10.3. The molecule has 0 aliphatic heterocycles. The highest BCUT2D eigenvalue weighted by Crippen LogP contribution is 2.24. The average molecular weight is 403 g/mol. The van der Waals surface area contributed by atoms with E-state index in [1.54, 1.807) is 23.5 Å². The zero-order valence-corrected chi connectivity index (χ0v) is 16.6. The molecule has 0 saturated carbocycles. The van der Waals surface area contributed by atoms with E-state index in [0.29, 0.717) is 0 Å². The van der Waals surface area contributed by atoms with Crippen molar-refractivity contribution < 1.29 is 0 Å². The number of thioether (sulfide) groups is 2. The number of aromatic amines is 2. The molecule has 0 spiro atoms. The Bertz CT molecular complexity index is 978. The number of nitrogens with one attached hydrogen (secondary N) is 2. The molecule has 4 aromatic rings. The molecular formula is C19H19ClN4S2. The van der Waals surface area contributed by atoms with Crippen LogP contribution >= 0.6 is 35.1 Å². The van der Waals surface area contributed by atoms with Crippen molar-refractivity contribution in [1.82, 2.24) is 19.9 Å². The minimum absolute atomic E-state index is 0.736. The van der Waals surface area contributed by atoms with E-state index in [4.69, 9.17) is 11.6 Å². The summed E-state index contributed by atoms with van der Waals surface area (Å²) in [6, 6.07) is 13.9. The van der Waals surface area contributed by atoms with Crippen LogP contribution in [0.3, 0.4) is 0 Å². The zero-order chi connectivity index (χ0) is 17.8. The molecule has 2 aromatic carbocycles. The van der Waals surface area contributed by atoms with Crippen molar-refractivity contribution in [3.05, 3.63) is 47.5 Å². The average Bonchev–Trinajstić information content (AvgIpc) is 3.23. The van der Waals surface area contributed by atoms with E-state index in [1.807, 2.05) is 36.4 Å². The van der Waals surface area contributed by atoms with Crippen LogP contribution in [0, 0.1) is 0 Å². The normalized spacial score (nSPS) is 11.6. The molecule has 0 bridgehead atoms. The number of halogens is 1. The number of unbranched alkanes of at least 4 members (excludes halogenated alkanes) is 2. The lowest BCUT2D eigenvalue weighted by Gasteiger charge is -1.99. The SMILES string of the molecule is Clc1ccc2nc(SCCCCCSc3nc4ccccc4[nH]3)[nH]c2c1. The van der Waals surface area contributed by atoms with Crippen molar-refractivity contribution in [3.63, 3.8) is 0 Å². The summed E-state index contributed by atoms with van der Waals surface area (Å²) in [6.07, 6.45) is 3.59. The standard InChI is InChI=1S/C19H19ClN4S2/c20-13-8-9-16-17(12-13)24-19(23-16)26-11-5-1-4-10-25-18-21-14-6-2-3-7-15(14)22-18/h2-3,6-9,12H,1,4-5,10-11H2,(H,21,22)(H,23,24). The minimum Gasteiger partial charge on any atom is -0.333 e. The molecule has 0 atom stereocenters. The lowest BCUT2D eigenvalue weighted by molar-refractivity contribution is 0.783. The third-order valence-corrected chi connectivity index (χ3v) is 6.21. The Labute approximate surface area is 165 Å². The molecule has 2 N–H and O–H groups in total. The van der Waals surface area contributed by atoms with Crippen LogP contribution in [0.1, 0.15) is 19.3 Å². The van der Waals surface area contributed by atoms with E-state index in [2.05, 4.69) is 26.0 Å². The second-order valence-electron chi connectivity index (χ2n) is 6.02. The van der Waals surface area contributed by atoms with Crippen molar-refractivity contribution in [2.45, 2.75) is 29.6 Å². The van der Waals surface area contributed by atoms with Crippen molar-refractivity contribution in [3.8, 4) is 0 Å². The highest BCUT2D eigenvalue weighted by Gasteiger charge is 2.04. The van der Waals surface area contributed by atoms with Gasteiger partial charge in [-0.25, -0.2) is 9.97 Å². The van der Waals surface area contributed by atoms with Crippen LogP contribution in [0.5, 0.6) is 0 Å². The van der Waals surface area contributed by atoms with Gasteiger partial charge in [0.25, 0.3) is 0 Å². The number of aromatic nitrogens is 4. The molecule has 0 fully saturated rings. The molecule has 0 aliphatic carbocycles. The molecule has 2 heterocycles. The maximum atomic E-state index is 6.01. The number of hydrogen-bond donors (Lipinski definition) is 2. The Hall–Kier alpha value is -1.63. The highest BCUT2D eigenvalue weighted by atomic mass is 35.5. The summed E-state index contributed by atoms with van der Waals surface area (Å²) in [4.78, 5) is 15.9. The zero-order valence-electron chi connectivity index (χ0n) is 14.2. The Morgan fingerprint density at radius 2 is 1.42 bits per heavy atom. The molecule has 0 radical (unpaired) electrons. The number of rotatable bonds is 8. The minimum atomic E-state index is 0.736. The third-order valence-electron chi connectivity index (χ3n) is 4.06. The third kappa shape index (κ3) is 4.37. The van der Waals surface area contributed by atoms with Gasteiger partial charge in [0.05, 0.1) is 22.1 Å². The fraction of sp³-hybridized carbons (Fsp3) is 0.263. The monoisotopic (exact) mass is 402 g/mol. The summed E-state index contributed by atoms with van der Waals surface area (Å²) in [7, 11) is 0. The summed E-state index contributed by atoms with van der Waals surface area (Å²) < 4.78 is 0. The van der Waals surface area contributed by atoms with E-state index >= 15 is 0 Å². The van der Waals surface area contributed by atoms with Crippen LogP contribution in [-0.2, 0) is 0 Å². The first-order valence-electron chi connectivity index (χ1n) is 8.63. The van der Waals surface area contributed by atoms with Crippen LogP contribution in [0.25, 0.3) is 22.1 Å². The Morgan fingerprint density at radius 1 is 0.769 bits per heavy atom. The molecule has 4 nitrogen and oxygen atoms in total. The second-order valence-corrected chi connectivity index (χ2v) is 8.62. The van der Waals surface area contributed by atoms with Crippen molar-refractivity contribution >= 4 is 57.2 Å². The maximum absolute atomic E-state index is 6.01. The molecule has 26 heavy (non-hydrogen) atoms. The van der Waals surface area contributed by atoms with Crippen molar-refractivity contribution in [2.75, 3.05) is 11.5 Å². The fourth-order valence-electron chi connectivity index (χ4n) is 2.74. The molecule has 2 aromatic heterocycles. The lowest BCUT2D eigenvalue weighted by Crippen LogP contribution is -1.86. The molecule has 0 aliphatic rings. The number of H-pyrrole nitrogens is 2. The van der Waals surface area contributed by atoms with Crippen LogP contribution in [0.4, 0.5) is 0 Å². The van der Waals surface area contributed by atoms with Gasteiger partial charge in [-0.1, -0.05) is 53.7 Å². The molecule has 0 saturated heterocycles. The van der Waals surface area contributed by atoms with Gasteiger partial charge in [0.1, 0.15) is 0 Å². The Balaban J connectivity index is 1.16. The first kappa shape index (κ1) is 17.8. The molecule has 4 rings (SSSR count). The van der Waals surface area contributed by atoms with E-state index in [-0.39, 0.29) is 0 Å². The number of imidazole rings is 2. The molecule has 7 heteroatoms. The summed E-state index contributed by atoms with van der Waals surface area (Å²) in [6.45, 7) is 0. The summed E-state index contributed by atoms with van der Waals surface area (Å²) in [5.41, 5.74) is 4.12. The van der Waals surface area contributed by atoms with Crippen LogP contribution < -0.4 is 0 Å². The van der Waals surface area contributed by atoms with Gasteiger partial charge >= 0.3 is 0 Å². The number of fused-ring (bicyclic) bond motifs is 2. The Morgan fingerprint density at radius 3 is 2.15 bits per heavy atom. The first-order valence-corrected chi connectivity index (χ1v) is 11.0. The molecule has 0 amide bonds. The van der Waals surface area contributed by atoms with Crippen molar-refractivity contribution in [2.24, 2.45) is 0 Å². The highest BCUT2D eigenvalue weighted by molar-refractivity contribution is 7.99. The van der Waals surface area contributed by atoms with Gasteiger partial charge in [-0.3, -0.25) is 0 Å². The van der Waals surface area contributed by atoms with E-state index < -0.39 is 0 Å². The van der Waals surface area contributed by atoms with Gasteiger partial charge in [-0.15, -0.1) is 0 Å². The predicted octanol–water partition coefficient (Wildman–Crippen LogP) is 6.15. The quantitative estimate of drug-likeness (QED) is 0.274. The van der Waals surface area contributed by atoms with Crippen LogP contribution in [0.15, 0.2) is 52.8 Å². The van der Waals surface area contributed by atoms with Gasteiger partial charge in [0.2, 0.25) is 0 Å². The van der Waals surface area contributed by atoms with Crippen molar-refractivity contribution in [1.29, 1.82) is 0 Å². The van der Waals surface area contributed by atoms with E-state index in [9.17, 15) is 0 Å². The predicted molar refractivity (Wildman–Crippen MR) is 112 cm³/mol. The number of benzene rings is 2.